The molecule has 2 aromatic carbocycles. The van der Waals surface area contributed by atoms with Gasteiger partial charge in [-0.3, -0.25) is 4.79 Å². The van der Waals surface area contributed by atoms with Crippen molar-refractivity contribution < 1.29 is 9.18 Å². The van der Waals surface area contributed by atoms with Crippen molar-refractivity contribution in [2.45, 2.75) is 6.54 Å². The maximum atomic E-state index is 12.7. The SMILES string of the molecule is N#Cc1ccc(NCC(=O)NCc2ccc(F)cc2)cc1. The normalized spacial score (nSPS) is 9.71. The van der Waals surface area contributed by atoms with Gasteiger partial charge in [0.1, 0.15) is 5.82 Å². The number of nitriles is 1. The Labute approximate surface area is 122 Å². The van der Waals surface area contributed by atoms with E-state index in [9.17, 15) is 9.18 Å². The molecule has 0 aliphatic carbocycles. The van der Waals surface area contributed by atoms with Gasteiger partial charge >= 0.3 is 0 Å². The van der Waals surface area contributed by atoms with Crippen molar-refractivity contribution in [1.82, 2.24) is 5.32 Å². The average molecular weight is 283 g/mol. The molecule has 0 saturated heterocycles. The molecule has 106 valence electrons. The second kappa shape index (κ2) is 7.06. The van der Waals surface area contributed by atoms with Crippen molar-refractivity contribution in [2.75, 3.05) is 11.9 Å². The number of carbonyl (C=O) groups is 1. The molecule has 0 bridgehead atoms. The lowest BCUT2D eigenvalue weighted by Crippen LogP contribution is -2.29. The Morgan fingerprint density at radius 3 is 2.38 bits per heavy atom. The number of benzene rings is 2. The van der Waals surface area contributed by atoms with Gasteiger partial charge in [0.25, 0.3) is 0 Å². The summed E-state index contributed by atoms with van der Waals surface area (Å²) in [7, 11) is 0. The number of halogens is 1. The van der Waals surface area contributed by atoms with Gasteiger partial charge in [0.05, 0.1) is 18.2 Å². The van der Waals surface area contributed by atoms with Crippen LogP contribution in [0.1, 0.15) is 11.1 Å². The summed E-state index contributed by atoms with van der Waals surface area (Å²) in [6.45, 7) is 0.487. The van der Waals surface area contributed by atoms with Gasteiger partial charge in [0, 0.05) is 12.2 Å². The Morgan fingerprint density at radius 1 is 1.10 bits per heavy atom. The van der Waals surface area contributed by atoms with Crippen LogP contribution in [0.2, 0.25) is 0 Å². The van der Waals surface area contributed by atoms with Crippen LogP contribution in [0.4, 0.5) is 10.1 Å². The quantitative estimate of drug-likeness (QED) is 0.885. The number of rotatable bonds is 5. The second-order valence-corrected chi connectivity index (χ2v) is 4.45. The zero-order valence-electron chi connectivity index (χ0n) is 11.3. The van der Waals surface area contributed by atoms with Crippen LogP contribution in [0.15, 0.2) is 48.5 Å². The van der Waals surface area contributed by atoms with Gasteiger partial charge in [-0.05, 0) is 42.0 Å². The molecule has 0 saturated carbocycles. The lowest BCUT2D eigenvalue weighted by atomic mass is 10.2. The molecule has 0 atom stereocenters. The van der Waals surface area contributed by atoms with E-state index < -0.39 is 0 Å². The predicted octanol–water partition coefficient (Wildman–Crippen LogP) is 2.43. The van der Waals surface area contributed by atoms with E-state index in [1.165, 1.54) is 12.1 Å². The first-order valence-electron chi connectivity index (χ1n) is 6.42. The van der Waals surface area contributed by atoms with E-state index in [1.807, 2.05) is 6.07 Å². The molecule has 0 aliphatic heterocycles. The van der Waals surface area contributed by atoms with Crippen LogP contribution in [0.5, 0.6) is 0 Å². The summed E-state index contributed by atoms with van der Waals surface area (Å²) in [5.74, 6) is -0.462. The molecule has 0 spiro atoms. The number of nitrogens with one attached hydrogen (secondary N) is 2. The minimum absolute atomic E-state index is 0.132. The Kier molecular flexibility index (Phi) is 4.89. The molecular weight excluding hydrogens is 269 g/mol. The van der Waals surface area contributed by atoms with Gasteiger partial charge in [-0.15, -0.1) is 0 Å². The number of hydrogen-bond acceptors (Lipinski definition) is 3. The number of nitrogens with zero attached hydrogens (tertiary/aromatic N) is 1. The predicted molar refractivity (Wildman–Crippen MR) is 77.9 cm³/mol. The Bertz CT molecular complexity index is 645. The van der Waals surface area contributed by atoms with Crippen LogP contribution in [0.25, 0.3) is 0 Å². The molecular formula is C16H14FN3O. The first kappa shape index (κ1) is 14.5. The lowest BCUT2D eigenvalue weighted by molar-refractivity contribution is -0.119. The largest absolute Gasteiger partial charge is 0.376 e. The van der Waals surface area contributed by atoms with E-state index in [1.54, 1.807) is 36.4 Å². The molecule has 5 heteroatoms. The van der Waals surface area contributed by atoms with E-state index in [0.29, 0.717) is 12.1 Å². The molecule has 0 fully saturated rings. The molecule has 2 N–H and O–H groups in total. The monoisotopic (exact) mass is 283 g/mol. The van der Waals surface area contributed by atoms with Crippen molar-refractivity contribution in [1.29, 1.82) is 5.26 Å². The first-order chi connectivity index (χ1) is 10.2. The van der Waals surface area contributed by atoms with Gasteiger partial charge in [0.15, 0.2) is 0 Å². The number of carbonyl (C=O) groups excluding carboxylic acids is 1. The van der Waals surface area contributed by atoms with Crippen LogP contribution in [-0.2, 0) is 11.3 Å². The Balaban J connectivity index is 1.76. The fourth-order valence-electron chi connectivity index (χ4n) is 1.71. The fraction of sp³-hybridized carbons (Fsp3) is 0.125. The molecule has 1 amide bonds. The fourth-order valence-corrected chi connectivity index (χ4v) is 1.71. The molecule has 0 aliphatic rings. The van der Waals surface area contributed by atoms with E-state index in [2.05, 4.69) is 10.6 Å². The molecule has 2 aromatic rings. The summed E-state index contributed by atoms with van der Waals surface area (Å²) in [5.41, 5.74) is 2.18. The van der Waals surface area contributed by atoms with Crippen molar-refractivity contribution in [2.24, 2.45) is 0 Å². The van der Waals surface area contributed by atoms with E-state index in [0.717, 1.165) is 11.3 Å². The zero-order chi connectivity index (χ0) is 15.1. The van der Waals surface area contributed by atoms with Crippen LogP contribution < -0.4 is 10.6 Å². The standard InChI is InChI=1S/C16H14FN3O/c17-14-5-1-13(2-6-14)10-20-16(21)11-19-15-7-3-12(9-18)4-8-15/h1-8,19H,10-11H2,(H,20,21). The third-order valence-corrected chi connectivity index (χ3v) is 2.87. The topological polar surface area (TPSA) is 64.9 Å². The Hall–Kier alpha value is -2.87. The highest BCUT2D eigenvalue weighted by molar-refractivity contribution is 5.80. The van der Waals surface area contributed by atoms with Gasteiger partial charge in [-0.2, -0.15) is 5.26 Å². The zero-order valence-corrected chi connectivity index (χ0v) is 11.3. The molecule has 2 rings (SSSR count). The minimum Gasteiger partial charge on any atom is -0.376 e. The van der Waals surface area contributed by atoms with Crippen molar-refractivity contribution in [3.8, 4) is 6.07 Å². The molecule has 0 heterocycles. The number of hydrogen-bond donors (Lipinski definition) is 2. The molecule has 4 nitrogen and oxygen atoms in total. The Morgan fingerprint density at radius 2 is 1.76 bits per heavy atom. The average Bonchev–Trinajstić information content (AvgIpc) is 2.53. The first-order valence-corrected chi connectivity index (χ1v) is 6.42. The molecule has 0 radical (unpaired) electrons. The summed E-state index contributed by atoms with van der Waals surface area (Å²) >= 11 is 0. The van der Waals surface area contributed by atoms with Crippen molar-refractivity contribution in [3.05, 3.63) is 65.5 Å². The van der Waals surface area contributed by atoms with E-state index in [4.69, 9.17) is 5.26 Å². The molecule has 0 unspecified atom stereocenters. The third-order valence-electron chi connectivity index (χ3n) is 2.87. The highest BCUT2D eigenvalue weighted by Crippen LogP contribution is 2.08. The van der Waals surface area contributed by atoms with Crippen LogP contribution >= 0.6 is 0 Å². The summed E-state index contributed by atoms with van der Waals surface area (Å²) in [4.78, 5) is 11.7. The maximum absolute atomic E-state index is 12.7. The van der Waals surface area contributed by atoms with Crippen molar-refractivity contribution in [3.63, 3.8) is 0 Å². The highest BCUT2D eigenvalue weighted by atomic mass is 19.1. The number of anilines is 1. The van der Waals surface area contributed by atoms with E-state index in [-0.39, 0.29) is 18.3 Å². The summed E-state index contributed by atoms with van der Waals surface area (Å²) < 4.78 is 12.7. The summed E-state index contributed by atoms with van der Waals surface area (Å²) in [5, 5.41) is 14.4. The molecule has 21 heavy (non-hydrogen) atoms. The van der Waals surface area contributed by atoms with Gasteiger partial charge in [0.2, 0.25) is 5.91 Å². The van der Waals surface area contributed by atoms with Gasteiger partial charge in [-0.25, -0.2) is 4.39 Å². The third kappa shape index (κ3) is 4.62. The summed E-state index contributed by atoms with van der Waals surface area (Å²) in [6.07, 6.45) is 0. The van der Waals surface area contributed by atoms with Crippen molar-refractivity contribution >= 4 is 11.6 Å². The van der Waals surface area contributed by atoms with Gasteiger partial charge < -0.3 is 10.6 Å². The summed E-state index contributed by atoms with van der Waals surface area (Å²) in [6, 6.07) is 14.8. The molecule has 0 aromatic heterocycles. The smallest absolute Gasteiger partial charge is 0.239 e. The van der Waals surface area contributed by atoms with E-state index >= 15 is 0 Å². The highest BCUT2D eigenvalue weighted by Gasteiger charge is 2.02. The lowest BCUT2D eigenvalue weighted by Gasteiger charge is -2.08. The maximum Gasteiger partial charge on any atom is 0.239 e. The van der Waals surface area contributed by atoms with Crippen LogP contribution in [-0.4, -0.2) is 12.5 Å². The van der Waals surface area contributed by atoms with Gasteiger partial charge in [-0.1, -0.05) is 12.1 Å². The number of amides is 1. The second-order valence-electron chi connectivity index (χ2n) is 4.45. The van der Waals surface area contributed by atoms with Crippen LogP contribution in [0, 0.1) is 17.1 Å². The van der Waals surface area contributed by atoms with Crippen LogP contribution in [0.3, 0.4) is 0 Å². The minimum atomic E-state index is -0.299.